The summed E-state index contributed by atoms with van der Waals surface area (Å²) in [4.78, 5) is 11.0. The molecule has 0 aliphatic heterocycles. The quantitative estimate of drug-likeness (QED) is 0.700. The normalized spacial score (nSPS) is 10.1. The second-order valence-corrected chi connectivity index (χ2v) is 3.84. The molecule has 0 heterocycles. The SMILES string of the molecule is O=C(CNO)CSCc1ccccc1. The standard InChI is InChI=1S/C10H13NO2S/c12-10(6-11-13)8-14-7-9-4-2-1-3-5-9/h1-5,11,13H,6-8H2. The minimum atomic E-state index is 0.00781. The van der Waals surface area contributed by atoms with Crippen LogP contribution in [0, 0.1) is 0 Å². The van der Waals surface area contributed by atoms with Gasteiger partial charge in [-0.25, -0.2) is 0 Å². The summed E-state index contributed by atoms with van der Waals surface area (Å²) < 4.78 is 0. The molecule has 2 N–H and O–H groups in total. The third kappa shape index (κ3) is 4.41. The van der Waals surface area contributed by atoms with Gasteiger partial charge >= 0.3 is 0 Å². The molecule has 1 aromatic carbocycles. The maximum atomic E-state index is 11.0. The van der Waals surface area contributed by atoms with Crippen LogP contribution in [0.2, 0.25) is 0 Å². The first kappa shape index (κ1) is 11.2. The molecular weight excluding hydrogens is 198 g/mol. The Labute approximate surface area is 87.5 Å². The zero-order chi connectivity index (χ0) is 10.2. The fourth-order valence-electron chi connectivity index (χ4n) is 0.996. The first-order valence-electron chi connectivity index (χ1n) is 4.33. The number of carbonyl (C=O) groups excluding carboxylic acids is 1. The van der Waals surface area contributed by atoms with Gasteiger partial charge in [-0.2, -0.15) is 5.48 Å². The van der Waals surface area contributed by atoms with Crippen molar-refractivity contribution in [3.63, 3.8) is 0 Å². The number of nitrogens with one attached hydrogen (secondary N) is 1. The van der Waals surface area contributed by atoms with E-state index in [0.29, 0.717) is 5.75 Å². The molecule has 0 unspecified atom stereocenters. The molecule has 0 radical (unpaired) electrons. The molecule has 1 aromatic rings. The summed E-state index contributed by atoms with van der Waals surface area (Å²) in [7, 11) is 0. The Morgan fingerprint density at radius 1 is 1.36 bits per heavy atom. The lowest BCUT2D eigenvalue weighted by Crippen LogP contribution is -2.20. The van der Waals surface area contributed by atoms with E-state index in [0.717, 1.165) is 5.75 Å². The molecule has 0 bridgehead atoms. The highest BCUT2D eigenvalue weighted by atomic mass is 32.2. The van der Waals surface area contributed by atoms with Crippen molar-refractivity contribution in [2.24, 2.45) is 0 Å². The third-order valence-corrected chi connectivity index (χ3v) is 2.71. The number of thioether (sulfide) groups is 1. The second kappa shape index (κ2) is 6.59. The Hall–Kier alpha value is -0.840. The monoisotopic (exact) mass is 211 g/mol. The topological polar surface area (TPSA) is 49.3 Å². The van der Waals surface area contributed by atoms with Crippen molar-refractivity contribution in [1.82, 2.24) is 5.48 Å². The lowest BCUT2D eigenvalue weighted by molar-refractivity contribution is -0.117. The summed E-state index contributed by atoms with van der Waals surface area (Å²) in [6, 6.07) is 9.98. The molecule has 0 fully saturated rings. The lowest BCUT2D eigenvalue weighted by atomic mass is 10.2. The van der Waals surface area contributed by atoms with Gasteiger partial charge in [0.2, 0.25) is 0 Å². The first-order valence-corrected chi connectivity index (χ1v) is 5.48. The average Bonchev–Trinajstić information content (AvgIpc) is 2.20. The van der Waals surface area contributed by atoms with Gasteiger partial charge in [-0.1, -0.05) is 30.3 Å². The highest BCUT2D eigenvalue weighted by Gasteiger charge is 2.00. The maximum Gasteiger partial charge on any atom is 0.158 e. The molecule has 3 nitrogen and oxygen atoms in total. The molecule has 1 rings (SSSR count). The van der Waals surface area contributed by atoms with Crippen LogP contribution in [0.15, 0.2) is 30.3 Å². The van der Waals surface area contributed by atoms with Crippen molar-refractivity contribution in [2.45, 2.75) is 5.75 Å². The molecule has 0 amide bonds. The fourth-order valence-corrected chi connectivity index (χ4v) is 1.86. The maximum absolute atomic E-state index is 11.0. The fraction of sp³-hybridized carbons (Fsp3) is 0.300. The van der Waals surface area contributed by atoms with Gasteiger partial charge in [0, 0.05) is 5.75 Å². The van der Waals surface area contributed by atoms with E-state index in [2.05, 4.69) is 0 Å². The Kier molecular flexibility index (Phi) is 5.29. The smallest absolute Gasteiger partial charge is 0.158 e. The minimum absolute atomic E-state index is 0.00781. The molecule has 0 aliphatic rings. The number of hydrogen-bond acceptors (Lipinski definition) is 4. The van der Waals surface area contributed by atoms with Crippen LogP contribution in [0.25, 0.3) is 0 Å². The third-order valence-electron chi connectivity index (χ3n) is 1.65. The van der Waals surface area contributed by atoms with Crippen LogP contribution < -0.4 is 5.48 Å². The van der Waals surface area contributed by atoms with E-state index in [-0.39, 0.29) is 12.3 Å². The van der Waals surface area contributed by atoms with E-state index in [9.17, 15) is 4.79 Å². The number of rotatable bonds is 6. The van der Waals surface area contributed by atoms with Gasteiger partial charge in [-0.3, -0.25) is 4.79 Å². The van der Waals surface area contributed by atoms with Gasteiger partial charge in [-0.15, -0.1) is 11.8 Å². The summed E-state index contributed by atoms with van der Waals surface area (Å²) in [5.74, 6) is 1.27. The predicted octanol–water partition coefficient (Wildman–Crippen LogP) is 1.47. The molecule has 0 atom stereocenters. The number of carbonyl (C=O) groups is 1. The second-order valence-electron chi connectivity index (χ2n) is 2.85. The van der Waals surface area contributed by atoms with E-state index < -0.39 is 0 Å². The number of Topliss-reactive ketones (excluding diaryl/α,β-unsaturated/α-hetero) is 1. The molecular formula is C10H13NO2S. The van der Waals surface area contributed by atoms with Crippen LogP contribution in [0.5, 0.6) is 0 Å². The number of benzene rings is 1. The van der Waals surface area contributed by atoms with E-state index in [1.807, 2.05) is 35.8 Å². The molecule has 0 spiro atoms. The Morgan fingerprint density at radius 3 is 2.71 bits per heavy atom. The van der Waals surface area contributed by atoms with Crippen molar-refractivity contribution in [3.05, 3.63) is 35.9 Å². The van der Waals surface area contributed by atoms with Crippen molar-refractivity contribution in [3.8, 4) is 0 Å². The van der Waals surface area contributed by atoms with Crippen molar-refractivity contribution >= 4 is 17.5 Å². The Bertz CT molecular complexity index is 277. The molecule has 0 saturated heterocycles. The summed E-state index contributed by atoms with van der Waals surface area (Å²) in [6.07, 6.45) is 0. The van der Waals surface area contributed by atoms with Gasteiger partial charge in [0.25, 0.3) is 0 Å². The van der Waals surface area contributed by atoms with Crippen LogP contribution >= 0.6 is 11.8 Å². The summed E-state index contributed by atoms with van der Waals surface area (Å²) >= 11 is 1.55. The van der Waals surface area contributed by atoms with Gasteiger partial charge in [-0.05, 0) is 5.56 Å². The van der Waals surface area contributed by atoms with Crippen molar-refractivity contribution in [1.29, 1.82) is 0 Å². The van der Waals surface area contributed by atoms with Crippen LogP contribution in [0.3, 0.4) is 0 Å². The van der Waals surface area contributed by atoms with E-state index in [1.54, 1.807) is 11.8 Å². The van der Waals surface area contributed by atoms with Crippen LogP contribution in [0.1, 0.15) is 5.56 Å². The molecule has 0 aliphatic carbocycles. The average molecular weight is 211 g/mol. The molecule has 14 heavy (non-hydrogen) atoms. The largest absolute Gasteiger partial charge is 0.316 e. The molecule has 76 valence electrons. The summed E-state index contributed by atoms with van der Waals surface area (Å²) in [6.45, 7) is 0.0296. The van der Waals surface area contributed by atoms with E-state index in [1.165, 1.54) is 5.56 Å². The van der Waals surface area contributed by atoms with Gasteiger partial charge in [0.1, 0.15) is 0 Å². The Morgan fingerprint density at radius 2 is 2.07 bits per heavy atom. The van der Waals surface area contributed by atoms with E-state index in [4.69, 9.17) is 5.21 Å². The van der Waals surface area contributed by atoms with Crippen LogP contribution in [0.4, 0.5) is 0 Å². The van der Waals surface area contributed by atoms with Gasteiger partial charge < -0.3 is 5.21 Å². The summed E-state index contributed by atoms with van der Waals surface area (Å²) in [5, 5.41) is 8.27. The van der Waals surface area contributed by atoms with Gasteiger partial charge in [0.05, 0.1) is 12.3 Å². The van der Waals surface area contributed by atoms with E-state index >= 15 is 0 Å². The highest BCUT2D eigenvalue weighted by molar-refractivity contribution is 7.99. The van der Waals surface area contributed by atoms with Crippen LogP contribution in [-0.2, 0) is 10.5 Å². The molecule has 0 saturated carbocycles. The van der Waals surface area contributed by atoms with Crippen molar-refractivity contribution in [2.75, 3.05) is 12.3 Å². The first-order chi connectivity index (χ1) is 6.83. The molecule has 0 aromatic heterocycles. The lowest BCUT2D eigenvalue weighted by Gasteiger charge is -2.00. The summed E-state index contributed by atoms with van der Waals surface area (Å²) in [5.41, 5.74) is 3.06. The predicted molar refractivity (Wildman–Crippen MR) is 57.4 cm³/mol. The number of hydrogen-bond donors (Lipinski definition) is 2. The Balaban J connectivity index is 2.19. The number of ketones is 1. The highest BCUT2D eigenvalue weighted by Crippen LogP contribution is 2.11. The van der Waals surface area contributed by atoms with Crippen LogP contribution in [-0.4, -0.2) is 23.3 Å². The zero-order valence-corrected chi connectivity index (χ0v) is 8.59. The zero-order valence-electron chi connectivity index (χ0n) is 7.77. The van der Waals surface area contributed by atoms with Gasteiger partial charge in [0.15, 0.2) is 5.78 Å². The number of hydroxylamine groups is 1. The minimum Gasteiger partial charge on any atom is -0.316 e. The molecule has 4 heteroatoms. The van der Waals surface area contributed by atoms with Crippen molar-refractivity contribution < 1.29 is 10.0 Å².